The van der Waals surface area contributed by atoms with Gasteiger partial charge in [0.2, 0.25) is 5.95 Å². The molecule has 134 valence electrons. The van der Waals surface area contributed by atoms with E-state index in [9.17, 15) is 13.2 Å². The molecule has 0 aliphatic carbocycles. The van der Waals surface area contributed by atoms with Crippen LogP contribution in [-0.2, 0) is 0 Å². The molecule has 7 nitrogen and oxygen atoms in total. The number of aromatic nitrogens is 5. The molecule has 2 N–H and O–H groups in total. The standard InChI is InChI=1S/C16H14F3N7/c1-9-6-21-13-3-2-12(25-26(9)13)10-4-5-20-14-11(10)7-22-15(24-14)23-8-16(17,18)19/h2-4,6-7H,5,8H2,1H3,(H2,20,22,23,24). The minimum Gasteiger partial charge on any atom is -0.366 e. The number of nitrogens with zero attached hydrogens (tertiary/aromatic N) is 5. The van der Waals surface area contributed by atoms with Crippen LogP contribution in [0.2, 0.25) is 0 Å². The molecule has 10 heteroatoms. The van der Waals surface area contributed by atoms with Crippen LogP contribution >= 0.6 is 0 Å². The molecule has 0 atom stereocenters. The first-order valence-corrected chi connectivity index (χ1v) is 7.84. The minimum atomic E-state index is -4.33. The van der Waals surface area contributed by atoms with Crippen LogP contribution in [0.5, 0.6) is 0 Å². The van der Waals surface area contributed by atoms with Crippen molar-refractivity contribution in [3.05, 3.63) is 47.6 Å². The molecule has 0 saturated carbocycles. The van der Waals surface area contributed by atoms with Crippen molar-refractivity contribution >= 4 is 23.0 Å². The molecule has 4 heterocycles. The SMILES string of the molecule is Cc1cnc2ccc(C3=CCNc4nc(NCC(F)(F)F)ncc43)nn12. The Morgan fingerprint density at radius 1 is 1.23 bits per heavy atom. The van der Waals surface area contributed by atoms with Gasteiger partial charge < -0.3 is 10.6 Å². The van der Waals surface area contributed by atoms with Gasteiger partial charge >= 0.3 is 6.18 Å². The van der Waals surface area contributed by atoms with E-state index in [1.807, 2.05) is 25.1 Å². The zero-order valence-electron chi connectivity index (χ0n) is 13.7. The topological polar surface area (TPSA) is 80.0 Å². The van der Waals surface area contributed by atoms with Crippen molar-refractivity contribution in [2.45, 2.75) is 13.1 Å². The fourth-order valence-electron chi connectivity index (χ4n) is 2.71. The van der Waals surface area contributed by atoms with Gasteiger partial charge in [-0.15, -0.1) is 0 Å². The highest BCUT2D eigenvalue weighted by Gasteiger charge is 2.27. The summed E-state index contributed by atoms with van der Waals surface area (Å²) in [6, 6.07) is 3.70. The number of hydrogen-bond acceptors (Lipinski definition) is 6. The molecule has 3 aromatic rings. The molecule has 0 radical (unpaired) electrons. The normalized spacial score (nSPS) is 13.9. The van der Waals surface area contributed by atoms with Crippen LogP contribution in [0.25, 0.3) is 11.2 Å². The summed E-state index contributed by atoms with van der Waals surface area (Å²) >= 11 is 0. The highest BCUT2D eigenvalue weighted by molar-refractivity contribution is 5.85. The molecule has 0 spiro atoms. The van der Waals surface area contributed by atoms with Crippen LogP contribution in [0, 0.1) is 6.92 Å². The van der Waals surface area contributed by atoms with Crippen molar-refractivity contribution in [1.82, 2.24) is 24.6 Å². The maximum Gasteiger partial charge on any atom is 0.405 e. The van der Waals surface area contributed by atoms with E-state index >= 15 is 0 Å². The van der Waals surface area contributed by atoms with E-state index in [2.05, 4.69) is 30.7 Å². The number of rotatable bonds is 3. The van der Waals surface area contributed by atoms with Crippen LogP contribution in [0.1, 0.15) is 17.0 Å². The molecule has 0 bridgehead atoms. The Bertz CT molecular complexity index is 1010. The first kappa shape index (κ1) is 16.3. The summed E-state index contributed by atoms with van der Waals surface area (Å²) in [6.07, 6.45) is 0.832. The summed E-state index contributed by atoms with van der Waals surface area (Å²) in [7, 11) is 0. The maximum atomic E-state index is 12.3. The van der Waals surface area contributed by atoms with Gasteiger partial charge in [0.05, 0.1) is 17.6 Å². The minimum absolute atomic E-state index is 0.0799. The summed E-state index contributed by atoms with van der Waals surface area (Å²) in [5, 5.41) is 9.82. The zero-order valence-corrected chi connectivity index (χ0v) is 13.7. The van der Waals surface area contributed by atoms with Gasteiger partial charge in [-0.2, -0.15) is 23.3 Å². The summed E-state index contributed by atoms with van der Waals surface area (Å²) < 4.78 is 38.8. The summed E-state index contributed by atoms with van der Waals surface area (Å²) in [4.78, 5) is 12.4. The van der Waals surface area contributed by atoms with E-state index in [0.717, 1.165) is 16.9 Å². The van der Waals surface area contributed by atoms with Crippen LogP contribution in [0.3, 0.4) is 0 Å². The van der Waals surface area contributed by atoms with E-state index in [0.29, 0.717) is 23.6 Å². The number of aryl methyl sites for hydroxylation is 1. The number of halogens is 3. The van der Waals surface area contributed by atoms with E-state index in [1.54, 1.807) is 10.7 Å². The van der Waals surface area contributed by atoms with E-state index in [-0.39, 0.29) is 5.95 Å². The second-order valence-corrected chi connectivity index (χ2v) is 5.81. The van der Waals surface area contributed by atoms with Crippen molar-refractivity contribution < 1.29 is 13.2 Å². The molecule has 0 aromatic carbocycles. The van der Waals surface area contributed by atoms with Crippen molar-refractivity contribution in [3.63, 3.8) is 0 Å². The molecule has 0 saturated heterocycles. The van der Waals surface area contributed by atoms with Gasteiger partial charge in [0.25, 0.3) is 0 Å². The lowest BCUT2D eigenvalue weighted by atomic mass is 10.0. The average molecular weight is 361 g/mol. The van der Waals surface area contributed by atoms with Crippen LogP contribution in [-0.4, -0.2) is 43.8 Å². The third kappa shape index (κ3) is 3.05. The first-order chi connectivity index (χ1) is 12.4. The monoisotopic (exact) mass is 361 g/mol. The first-order valence-electron chi connectivity index (χ1n) is 7.84. The Hall–Kier alpha value is -3.17. The highest BCUT2D eigenvalue weighted by Crippen LogP contribution is 2.30. The highest BCUT2D eigenvalue weighted by atomic mass is 19.4. The number of alkyl halides is 3. The quantitative estimate of drug-likeness (QED) is 0.747. The Morgan fingerprint density at radius 3 is 2.88 bits per heavy atom. The third-order valence-corrected chi connectivity index (χ3v) is 3.91. The molecule has 0 fully saturated rings. The summed E-state index contributed by atoms with van der Waals surface area (Å²) in [5.74, 6) is 0.384. The number of hydrogen-bond donors (Lipinski definition) is 2. The lowest BCUT2D eigenvalue weighted by molar-refractivity contribution is -0.115. The molecule has 26 heavy (non-hydrogen) atoms. The third-order valence-electron chi connectivity index (χ3n) is 3.91. The Labute approximate surface area is 146 Å². The number of nitrogens with one attached hydrogen (secondary N) is 2. The lowest BCUT2D eigenvalue weighted by Crippen LogP contribution is -2.23. The van der Waals surface area contributed by atoms with Gasteiger partial charge in [-0.25, -0.2) is 14.5 Å². The fraction of sp³-hybridized carbons (Fsp3) is 0.250. The van der Waals surface area contributed by atoms with E-state index in [4.69, 9.17) is 0 Å². The molecular weight excluding hydrogens is 347 g/mol. The van der Waals surface area contributed by atoms with Crippen LogP contribution in [0.15, 0.2) is 30.6 Å². The maximum absolute atomic E-state index is 12.3. The smallest absolute Gasteiger partial charge is 0.366 e. The van der Waals surface area contributed by atoms with Gasteiger partial charge in [-0.3, -0.25) is 0 Å². The van der Waals surface area contributed by atoms with Crippen LogP contribution in [0.4, 0.5) is 24.9 Å². The Kier molecular flexibility index (Phi) is 3.74. The average Bonchev–Trinajstić information content (AvgIpc) is 2.99. The Morgan fingerprint density at radius 2 is 2.08 bits per heavy atom. The molecule has 0 unspecified atom stereocenters. The van der Waals surface area contributed by atoms with Crippen molar-refractivity contribution in [3.8, 4) is 0 Å². The molecule has 0 amide bonds. The van der Waals surface area contributed by atoms with Gasteiger partial charge in [-0.1, -0.05) is 6.08 Å². The number of imidazole rings is 1. The summed E-state index contributed by atoms with van der Waals surface area (Å²) in [5.41, 5.74) is 3.85. The van der Waals surface area contributed by atoms with Crippen LogP contribution < -0.4 is 10.6 Å². The molecule has 4 rings (SSSR count). The molecule has 3 aromatic heterocycles. The number of anilines is 2. The van der Waals surface area contributed by atoms with E-state index in [1.165, 1.54) is 6.20 Å². The second kappa shape index (κ2) is 5.97. The van der Waals surface area contributed by atoms with Crippen molar-refractivity contribution in [2.75, 3.05) is 23.7 Å². The molecule has 1 aliphatic rings. The number of fused-ring (bicyclic) bond motifs is 2. The van der Waals surface area contributed by atoms with Gasteiger partial charge in [0, 0.05) is 23.9 Å². The van der Waals surface area contributed by atoms with Gasteiger partial charge in [-0.05, 0) is 19.1 Å². The molecular formula is C16H14F3N7. The largest absolute Gasteiger partial charge is 0.405 e. The predicted octanol–water partition coefficient (Wildman–Crippen LogP) is 2.66. The second-order valence-electron chi connectivity index (χ2n) is 5.81. The zero-order chi connectivity index (χ0) is 18.3. The fourth-order valence-corrected chi connectivity index (χ4v) is 2.71. The molecule has 1 aliphatic heterocycles. The van der Waals surface area contributed by atoms with E-state index < -0.39 is 12.7 Å². The summed E-state index contributed by atoms with van der Waals surface area (Å²) in [6.45, 7) is 1.20. The Balaban J connectivity index is 1.67. The van der Waals surface area contributed by atoms with Gasteiger partial charge in [0.15, 0.2) is 5.65 Å². The van der Waals surface area contributed by atoms with Gasteiger partial charge in [0.1, 0.15) is 12.4 Å². The van der Waals surface area contributed by atoms with Crippen molar-refractivity contribution in [1.29, 1.82) is 0 Å². The predicted molar refractivity (Wildman–Crippen MR) is 89.9 cm³/mol. The van der Waals surface area contributed by atoms with Crippen molar-refractivity contribution in [2.24, 2.45) is 0 Å². The lowest BCUT2D eigenvalue weighted by Gasteiger charge is -2.19.